The summed E-state index contributed by atoms with van der Waals surface area (Å²) in [4.78, 5) is 11.9. The number of rotatable bonds is 6. The van der Waals surface area contributed by atoms with Gasteiger partial charge in [0.05, 0.1) is 6.04 Å². The Morgan fingerprint density at radius 2 is 1.64 bits per heavy atom. The van der Waals surface area contributed by atoms with E-state index < -0.39 is 0 Å². The smallest absolute Gasteiger partial charge is 0.236 e. The number of nitrogens with one attached hydrogen (secondary N) is 2. The van der Waals surface area contributed by atoms with Gasteiger partial charge < -0.3 is 5.32 Å². The van der Waals surface area contributed by atoms with Crippen molar-refractivity contribution in [2.45, 2.75) is 66.0 Å². The second-order valence-electron chi connectivity index (χ2n) is 7.38. The van der Waals surface area contributed by atoms with Gasteiger partial charge in [0.25, 0.3) is 0 Å². The van der Waals surface area contributed by atoms with Crippen molar-refractivity contribution in [1.29, 1.82) is 0 Å². The molecule has 22 heavy (non-hydrogen) atoms. The third kappa shape index (κ3) is 5.13. The van der Waals surface area contributed by atoms with Gasteiger partial charge in [-0.3, -0.25) is 10.1 Å². The lowest BCUT2D eigenvalue weighted by molar-refractivity contribution is -0.122. The third-order valence-corrected chi connectivity index (χ3v) is 3.98. The minimum atomic E-state index is -0.199. The van der Waals surface area contributed by atoms with Gasteiger partial charge in [-0.05, 0) is 36.3 Å². The Morgan fingerprint density at radius 1 is 1.09 bits per heavy atom. The van der Waals surface area contributed by atoms with Gasteiger partial charge in [0.1, 0.15) is 0 Å². The molecule has 1 aromatic rings. The van der Waals surface area contributed by atoms with Gasteiger partial charge in [-0.2, -0.15) is 0 Å². The molecule has 0 fully saturated rings. The van der Waals surface area contributed by atoms with Gasteiger partial charge in [-0.15, -0.1) is 0 Å². The number of carbonyl (C=O) groups is 1. The molecule has 0 unspecified atom stereocenters. The number of hydrogen-bond donors (Lipinski definition) is 2. The molecule has 0 saturated carbocycles. The van der Waals surface area contributed by atoms with Crippen LogP contribution in [-0.2, 0) is 10.2 Å². The van der Waals surface area contributed by atoms with Crippen LogP contribution in [0.2, 0.25) is 0 Å². The van der Waals surface area contributed by atoms with E-state index in [9.17, 15) is 4.79 Å². The van der Waals surface area contributed by atoms with Gasteiger partial charge in [0.15, 0.2) is 0 Å². The second-order valence-corrected chi connectivity index (χ2v) is 7.38. The van der Waals surface area contributed by atoms with Crippen LogP contribution in [0.4, 0.5) is 0 Å². The number of likely N-dealkylation sites (N-methyl/N-ethyl adjacent to an activating group) is 1. The molecular weight excluding hydrogens is 272 g/mol. The molecule has 3 heteroatoms. The number of hydrogen-bond acceptors (Lipinski definition) is 2. The number of amides is 1. The number of benzene rings is 1. The first-order valence-corrected chi connectivity index (χ1v) is 8.31. The van der Waals surface area contributed by atoms with Crippen LogP contribution in [0.25, 0.3) is 0 Å². The summed E-state index contributed by atoms with van der Waals surface area (Å²) in [5.74, 6) is 0.469. The second kappa shape index (κ2) is 7.77. The van der Waals surface area contributed by atoms with Crippen molar-refractivity contribution in [3.8, 4) is 0 Å². The molecule has 0 heterocycles. The molecule has 2 N–H and O–H groups in total. The summed E-state index contributed by atoms with van der Waals surface area (Å²) < 4.78 is 0. The van der Waals surface area contributed by atoms with Crippen molar-refractivity contribution < 1.29 is 4.79 Å². The SMILES string of the molecule is CCNC(=O)[C@H](C)N[C@H](c1ccc(C(C)(C)C)cc1)C(C)C. The highest BCUT2D eigenvalue weighted by atomic mass is 16.2. The maximum absolute atomic E-state index is 11.9. The molecule has 0 radical (unpaired) electrons. The summed E-state index contributed by atoms with van der Waals surface area (Å²) >= 11 is 0. The Balaban J connectivity index is 2.90. The van der Waals surface area contributed by atoms with Crippen LogP contribution in [0, 0.1) is 5.92 Å². The molecule has 124 valence electrons. The summed E-state index contributed by atoms with van der Waals surface area (Å²) in [6.07, 6.45) is 0. The lowest BCUT2D eigenvalue weighted by Gasteiger charge is -2.27. The van der Waals surface area contributed by atoms with Gasteiger partial charge in [0.2, 0.25) is 5.91 Å². The van der Waals surface area contributed by atoms with E-state index in [0.717, 1.165) is 0 Å². The molecular formula is C19H32N2O. The van der Waals surface area contributed by atoms with Crippen LogP contribution >= 0.6 is 0 Å². The van der Waals surface area contributed by atoms with E-state index in [1.807, 2.05) is 13.8 Å². The quantitative estimate of drug-likeness (QED) is 0.839. The lowest BCUT2D eigenvalue weighted by atomic mass is 9.85. The fourth-order valence-corrected chi connectivity index (χ4v) is 2.54. The zero-order chi connectivity index (χ0) is 16.9. The zero-order valence-corrected chi connectivity index (χ0v) is 15.2. The molecule has 2 atom stereocenters. The third-order valence-electron chi connectivity index (χ3n) is 3.98. The van der Waals surface area contributed by atoms with Gasteiger partial charge in [-0.25, -0.2) is 0 Å². The van der Waals surface area contributed by atoms with Crippen LogP contribution in [0.1, 0.15) is 65.6 Å². The van der Waals surface area contributed by atoms with Crippen LogP contribution in [0.3, 0.4) is 0 Å². The van der Waals surface area contributed by atoms with Crippen molar-refractivity contribution in [2.24, 2.45) is 5.92 Å². The Bertz CT molecular complexity index is 471. The Labute approximate surface area is 135 Å². The Hall–Kier alpha value is -1.35. The average Bonchev–Trinajstić information content (AvgIpc) is 2.43. The highest BCUT2D eigenvalue weighted by Crippen LogP contribution is 2.27. The standard InChI is InChI=1S/C19H32N2O/c1-8-20-18(22)14(4)21-17(13(2)3)15-9-11-16(12-10-15)19(5,6)7/h9-14,17,21H,8H2,1-7H3,(H,20,22)/t14-,17-/m0/s1. The maximum atomic E-state index is 11.9. The predicted octanol–water partition coefficient (Wildman–Crippen LogP) is 3.80. The fourth-order valence-electron chi connectivity index (χ4n) is 2.54. The molecule has 0 aliphatic carbocycles. The first-order chi connectivity index (χ1) is 10.2. The van der Waals surface area contributed by atoms with E-state index in [1.165, 1.54) is 11.1 Å². The normalized spacial score (nSPS) is 14.7. The van der Waals surface area contributed by atoms with E-state index in [1.54, 1.807) is 0 Å². The first-order valence-electron chi connectivity index (χ1n) is 8.31. The summed E-state index contributed by atoms with van der Waals surface area (Å²) in [5, 5.41) is 6.33. The molecule has 1 aromatic carbocycles. The minimum absolute atomic E-state index is 0.0551. The van der Waals surface area contributed by atoms with E-state index in [-0.39, 0.29) is 23.4 Å². The average molecular weight is 304 g/mol. The van der Waals surface area contributed by atoms with Crippen LogP contribution in [0.15, 0.2) is 24.3 Å². The monoisotopic (exact) mass is 304 g/mol. The van der Waals surface area contributed by atoms with Gasteiger partial charge in [-0.1, -0.05) is 58.9 Å². The Kier molecular flexibility index (Phi) is 6.61. The maximum Gasteiger partial charge on any atom is 0.236 e. The summed E-state index contributed by atoms with van der Waals surface area (Å²) in [7, 11) is 0. The molecule has 0 bridgehead atoms. The van der Waals surface area contributed by atoms with Crippen molar-refractivity contribution >= 4 is 5.91 Å². The first kappa shape index (κ1) is 18.7. The Morgan fingerprint density at radius 3 is 2.05 bits per heavy atom. The lowest BCUT2D eigenvalue weighted by Crippen LogP contribution is -2.44. The molecule has 0 aliphatic heterocycles. The molecule has 0 aromatic heterocycles. The molecule has 3 nitrogen and oxygen atoms in total. The largest absolute Gasteiger partial charge is 0.355 e. The molecule has 0 aliphatic rings. The van der Waals surface area contributed by atoms with Gasteiger partial charge in [0, 0.05) is 12.6 Å². The van der Waals surface area contributed by atoms with Crippen LogP contribution < -0.4 is 10.6 Å². The van der Waals surface area contributed by atoms with E-state index in [0.29, 0.717) is 12.5 Å². The topological polar surface area (TPSA) is 41.1 Å². The van der Waals surface area contributed by atoms with E-state index >= 15 is 0 Å². The summed E-state index contributed by atoms with van der Waals surface area (Å²) in [5.41, 5.74) is 2.72. The van der Waals surface area contributed by atoms with Crippen LogP contribution in [0.5, 0.6) is 0 Å². The van der Waals surface area contributed by atoms with Gasteiger partial charge >= 0.3 is 0 Å². The zero-order valence-electron chi connectivity index (χ0n) is 15.2. The predicted molar refractivity (Wildman–Crippen MR) is 94.0 cm³/mol. The molecule has 1 amide bonds. The van der Waals surface area contributed by atoms with Crippen molar-refractivity contribution in [1.82, 2.24) is 10.6 Å². The summed E-state index contributed by atoms with van der Waals surface area (Å²) in [6.45, 7) is 15.5. The number of carbonyl (C=O) groups excluding carboxylic acids is 1. The van der Waals surface area contributed by atoms with E-state index in [2.05, 4.69) is 69.5 Å². The highest BCUT2D eigenvalue weighted by Gasteiger charge is 2.22. The molecule has 0 spiro atoms. The minimum Gasteiger partial charge on any atom is -0.355 e. The molecule has 0 saturated heterocycles. The van der Waals surface area contributed by atoms with Crippen molar-refractivity contribution in [2.75, 3.05) is 6.54 Å². The van der Waals surface area contributed by atoms with Crippen LogP contribution in [-0.4, -0.2) is 18.5 Å². The van der Waals surface area contributed by atoms with Crippen molar-refractivity contribution in [3.63, 3.8) is 0 Å². The summed E-state index contributed by atoms with van der Waals surface area (Å²) in [6, 6.07) is 8.74. The highest BCUT2D eigenvalue weighted by molar-refractivity contribution is 5.81. The fraction of sp³-hybridized carbons (Fsp3) is 0.632. The van der Waals surface area contributed by atoms with Crippen molar-refractivity contribution in [3.05, 3.63) is 35.4 Å². The molecule has 1 rings (SSSR count). The van der Waals surface area contributed by atoms with E-state index in [4.69, 9.17) is 0 Å².